The van der Waals surface area contributed by atoms with Crippen LogP contribution in [0.2, 0.25) is 0 Å². The van der Waals surface area contributed by atoms with Crippen molar-refractivity contribution in [1.29, 1.82) is 0 Å². The minimum Gasteiger partial charge on any atom is -0.496 e. The van der Waals surface area contributed by atoms with Gasteiger partial charge in [0.15, 0.2) is 0 Å². The molecule has 2 rings (SSSR count). The highest BCUT2D eigenvalue weighted by molar-refractivity contribution is 7.10. The van der Waals surface area contributed by atoms with E-state index in [0.717, 1.165) is 17.6 Å². The van der Waals surface area contributed by atoms with Gasteiger partial charge in [0.05, 0.1) is 12.0 Å². The zero-order chi connectivity index (χ0) is 12.4. The van der Waals surface area contributed by atoms with Crippen LogP contribution in [-0.2, 0) is 0 Å². The van der Waals surface area contributed by atoms with E-state index in [9.17, 15) is 0 Å². The Morgan fingerprint density at radius 1 is 1.35 bits per heavy atom. The van der Waals surface area contributed by atoms with E-state index in [1.165, 1.54) is 24.1 Å². The number of methoxy groups -OCH3 is 1. The molecule has 1 aromatic heterocycles. The third-order valence-corrected chi connectivity index (χ3v) is 5.33. The van der Waals surface area contributed by atoms with Gasteiger partial charge in [0, 0.05) is 6.04 Å². The molecule has 0 amide bonds. The maximum atomic E-state index is 6.43. The molecule has 96 valence electrons. The molecular weight excluding hydrogens is 230 g/mol. The van der Waals surface area contributed by atoms with Crippen LogP contribution in [-0.4, -0.2) is 7.11 Å². The van der Waals surface area contributed by atoms with Crippen LogP contribution in [0.25, 0.3) is 0 Å². The van der Waals surface area contributed by atoms with Crippen molar-refractivity contribution in [1.82, 2.24) is 0 Å². The minimum absolute atomic E-state index is 0.153. The second kappa shape index (κ2) is 5.40. The molecule has 0 saturated heterocycles. The number of ether oxygens (including phenoxy) is 1. The highest BCUT2D eigenvalue weighted by Gasteiger charge is 2.30. The molecule has 3 heteroatoms. The lowest BCUT2D eigenvalue weighted by atomic mass is 9.73. The zero-order valence-electron chi connectivity index (χ0n) is 11.0. The third kappa shape index (κ3) is 2.66. The van der Waals surface area contributed by atoms with Crippen LogP contribution in [0, 0.1) is 17.8 Å². The number of hydrogen-bond acceptors (Lipinski definition) is 3. The van der Waals surface area contributed by atoms with E-state index in [4.69, 9.17) is 10.5 Å². The molecule has 1 fully saturated rings. The summed E-state index contributed by atoms with van der Waals surface area (Å²) in [6, 6.07) is 2.18. The first-order chi connectivity index (χ1) is 8.13. The SMILES string of the molecule is COc1ccsc1C(N)C1CCC(C)C(C)C1. The van der Waals surface area contributed by atoms with Gasteiger partial charge >= 0.3 is 0 Å². The standard InChI is InChI=1S/C14H23NOS/c1-9-4-5-11(8-10(9)2)13(15)14-12(16-3)6-7-17-14/h6-7,9-11,13H,4-5,8,15H2,1-3H3. The van der Waals surface area contributed by atoms with Crippen molar-refractivity contribution in [3.8, 4) is 5.75 Å². The van der Waals surface area contributed by atoms with Crippen molar-refractivity contribution in [3.63, 3.8) is 0 Å². The van der Waals surface area contributed by atoms with E-state index in [1.807, 2.05) is 6.07 Å². The molecule has 1 saturated carbocycles. The van der Waals surface area contributed by atoms with Gasteiger partial charge in [-0.25, -0.2) is 0 Å². The van der Waals surface area contributed by atoms with Crippen LogP contribution >= 0.6 is 11.3 Å². The van der Waals surface area contributed by atoms with Gasteiger partial charge in [-0.05, 0) is 42.0 Å². The quantitative estimate of drug-likeness (QED) is 0.888. The van der Waals surface area contributed by atoms with Gasteiger partial charge in [0.25, 0.3) is 0 Å². The van der Waals surface area contributed by atoms with Gasteiger partial charge < -0.3 is 10.5 Å². The van der Waals surface area contributed by atoms with E-state index >= 15 is 0 Å². The molecule has 1 aliphatic carbocycles. The van der Waals surface area contributed by atoms with Gasteiger partial charge in [-0.1, -0.05) is 20.3 Å². The summed E-state index contributed by atoms with van der Waals surface area (Å²) in [5.74, 6) is 3.23. The topological polar surface area (TPSA) is 35.2 Å². The molecule has 0 aliphatic heterocycles. The first-order valence-electron chi connectivity index (χ1n) is 6.50. The Bertz CT molecular complexity index is 363. The van der Waals surface area contributed by atoms with Crippen LogP contribution < -0.4 is 10.5 Å². The molecule has 4 unspecified atom stereocenters. The fourth-order valence-electron chi connectivity index (χ4n) is 2.85. The summed E-state index contributed by atoms with van der Waals surface area (Å²) in [7, 11) is 1.73. The van der Waals surface area contributed by atoms with Gasteiger partial charge in [-0.3, -0.25) is 0 Å². The molecule has 0 aromatic carbocycles. The summed E-state index contributed by atoms with van der Waals surface area (Å²) in [4.78, 5) is 1.22. The van der Waals surface area contributed by atoms with Crippen molar-refractivity contribution < 1.29 is 4.74 Å². The van der Waals surface area contributed by atoms with Crippen LogP contribution in [0.1, 0.15) is 44.0 Å². The van der Waals surface area contributed by atoms with Crippen molar-refractivity contribution in [2.75, 3.05) is 7.11 Å². The van der Waals surface area contributed by atoms with Crippen molar-refractivity contribution in [3.05, 3.63) is 16.3 Å². The van der Waals surface area contributed by atoms with E-state index in [2.05, 4.69) is 19.2 Å². The van der Waals surface area contributed by atoms with E-state index < -0.39 is 0 Å². The Balaban J connectivity index is 2.07. The van der Waals surface area contributed by atoms with Gasteiger partial charge in [0.2, 0.25) is 0 Å². The maximum Gasteiger partial charge on any atom is 0.134 e. The van der Waals surface area contributed by atoms with Gasteiger partial charge in [-0.15, -0.1) is 11.3 Å². The Hall–Kier alpha value is -0.540. The number of rotatable bonds is 3. The Morgan fingerprint density at radius 3 is 2.76 bits per heavy atom. The predicted octanol–water partition coefficient (Wildman–Crippen LogP) is 3.83. The summed E-state index contributed by atoms with van der Waals surface area (Å²) in [5.41, 5.74) is 6.43. The highest BCUT2D eigenvalue weighted by atomic mass is 32.1. The Kier molecular flexibility index (Phi) is 4.10. The van der Waals surface area contributed by atoms with E-state index in [0.29, 0.717) is 5.92 Å². The van der Waals surface area contributed by atoms with E-state index in [1.54, 1.807) is 18.4 Å². The lowest BCUT2D eigenvalue weighted by molar-refractivity contribution is 0.186. The Morgan fingerprint density at radius 2 is 2.12 bits per heavy atom. The predicted molar refractivity (Wildman–Crippen MR) is 73.5 cm³/mol. The average Bonchev–Trinajstić information content (AvgIpc) is 2.80. The van der Waals surface area contributed by atoms with Crippen LogP contribution in [0.4, 0.5) is 0 Å². The van der Waals surface area contributed by atoms with Crippen LogP contribution in [0.5, 0.6) is 5.75 Å². The third-order valence-electron chi connectivity index (χ3n) is 4.33. The highest BCUT2D eigenvalue weighted by Crippen LogP contribution is 2.42. The molecule has 0 spiro atoms. The fraction of sp³-hybridized carbons (Fsp3) is 0.714. The summed E-state index contributed by atoms with van der Waals surface area (Å²) >= 11 is 1.73. The molecule has 2 nitrogen and oxygen atoms in total. The normalized spacial score (nSPS) is 31.2. The van der Waals surface area contributed by atoms with Gasteiger partial charge in [-0.2, -0.15) is 0 Å². The minimum atomic E-state index is 0.153. The summed E-state index contributed by atoms with van der Waals surface area (Å²) < 4.78 is 5.38. The maximum absolute atomic E-state index is 6.43. The molecule has 1 aliphatic rings. The summed E-state index contributed by atoms with van der Waals surface area (Å²) in [5, 5.41) is 2.07. The van der Waals surface area contributed by atoms with Crippen molar-refractivity contribution in [2.24, 2.45) is 23.5 Å². The Labute approximate surface area is 108 Å². The smallest absolute Gasteiger partial charge is 0.134 e. The molecule has 1 aromatic rings. The number of thiophene rings is 1. The monoisotopic (exact) mass is 253 g/mol. The second-order valence-electron chi connectivity index (χ2n) is 5.41. The molecule has 17 heavy (non-hydrogen) atoms. The number of nitrogens with two attached hydrogens (primary N) is 1. The fourth-order valence-corrected chi connectivity index (χ4v) is 3.81. The van der Waals surface area contributed by atoms with Crippen LogP contribution in [0.3, 0.4) is 0 Å². The average molecular weight is 253 g/mol. The molecular formula is C14H23NOS. The zero-order valence-corrected chi connectivity index (χ0v) is 11.8. The molecule has 0 radical (unpaired) electrons. The van der Waals surface area contributed by atoms with E-state index in [-0.39, 0.29) is 6.04 Å². The number of hydrogen-bond donors (Lipinski definition) is 1. The lowest BCUT2D eigenvalue weighted by Crippen LogP contribution is -2.29. The molecule has 1 heterocycles. The largest absolute Gasteiger partial charge is 0.496 e. The van der Waals surface area contributed by atoms with Crippen molar-refractivity contribution >= 4 is 11.3 Å². The van der Waals surface area contributed by atoms with Crippen molar-refractivity contribution in [2.45, 2.75) is 39.2 Å². The first-order valence-corrected chi connectivity index (χ1v) is 7.38. The molecule has 2 N–H and O–H groups in total. The second-order valence-corrected chi connectivity index (χ2v) is 6.35. The molecule has 4 atom stereocenters. The molecule has 0 bridgehead atoms. The summed E-state index contributed by atoms with van der Waals surface area (Å²) in [6.07, 6.45) is 3.82. The van der Waals surface area contributed by atoms with Gasteiger partial charge in [0.1, 0.15) is 5.75 Å². The first kappa shape index (κ1) is 12.9. The lowest BCUT2D eigenvalue weighted by Gasteiger charge is -2.35. The summed E-state index contributed by atoms with van der Waals surface area (Å²) in [6.45, 7) is 4.72. The van der Waals surface area contributed by atoms with Crippen LogP contribution in [0.15, 0.2) is 11.4 Å².